The van der Waals surface area contributed by atoms with Crippen LogP contribution in [-0.2, 0) is 4.74 Å². The summed E-state index contributed by atoms with van der Waals surface area (Å²) in [5.74, 6) is 0. The molecule has 1 aliphatic rings. The number of nitrogens with zero attached hydrogens (tertiary/aromatic N) is 1. The number of aliphatic hydroxyl groups is 1. The lowest BCUT2D eigenvalue weighted by molar-refractivity contribution is -0.0447. The number of primary amides is 1. The number of ether oxygens (including phenoxy) is 1. The van der Waals surface area contributed by atoms with E-state index in [-0.39, 0.29) is 12.7 Å². The summed E-state index contributed by atoms with van der Waals surface area (Å²) in [6, 6.07) is -0.408. The summed E-state index contributed by atoms with van der Waals surface area (Å²) >= 11 is 0. The predicted octanol–water partition coefficient (Wildman–Crippen LogP) is -1.24. The molecule has 0 aromatic carbocycles. The second-order valence-corrected chi connectivity index (χ2v) is 2.46. The Bertz CT molecular complexity index is 145. The van der Waals surface area contributed by atoms with Crippen molar-refractivity contribution in [3.8, 4) is 0 Å². The van der Waals surface area contributed by atoms with Gasteiger partial charge in [0.15, 0.2) is 0 Å². The van der Waals surface area contributed by atoms with Gasteiger partial charge in [-0.05, 0) is 0 Å². The van der Waals surface area contributed by atoms with Crippen molar-refractivity contribution in [1.82, 2.24) is 4.90 Å². The van der Waals surface area contributed by atoms with Crippen LogP contribution in [0.25, 0.3) is 0 Å². The number of likely N-dealkylation sites (tertiary alicyclic amines) is 1. The normalized spacial score (nSPS) is 18.1. The first-order valence-corrected chi connectivity index (χ1v) is 3.51. The van der Waals surface area contributed by atoms with Gasteiger partial charge in [0.2, 0.25) is 0 Å². The zero-order chi connectivity index (χ0) is 8.27. The van der Waals surface area contributed by atoms with E-state index in [1.165, 1.54) is 4.90 Å². The molecule has 64 valence electrons. The highest BCUT2D eigenvalue weighted by Gasteiger charge is 2.29. The van der Waals surface area contributed by atoms with E-state index in [4.69, 9.17) is 15.6 Å². The zero-order valence-electron chi connectivity index (χ0n) is 6.19. The van der Waals surface area contributed by atoms with Gasteiger partial charge in [0.25, 0.3) is 0 Å². The van der Waals surface area contributed by atoms with E-state index in [0.717, 1.165) is 0 Å². The van der Waals surface area contributed by atoms with Gasteiger partial charge in [-0.1, -0.05) is 0 Å². The number of nitrogens with two attached hydrogens (primary N) is 1. The lowest BCUT2D eigenvalue weighted by Crippen LogP contribution is -2.56. The number of hydrogen-bond donors (Lipinski definition) is 2. The largest absolute Gasteiger partial charge is 0.394 e. The summed E-state index contributed by atoms with van der Waals surface area (Å²) in [4.78, 5) is 11.9. The van der Waals surface area contributed by atoms with E-state index in [9.17, 15) is 4.79 Å². The topological polar surface area (TPSA) is 75.8 Å². The summed E-state index contributed by atoms with van der Waals surface area (Å²) in [7, 11) is 0. The first-order valence-electron chi connectivity index (χ1n) is 3.51. The highest BCUT2D eigenvalue weighted by Crippen LogP contribution is 2.09. The first-order chi connectivity index (χ1) is 5.24. The quantitative estimate of drug-likeness (QED) is 0.542. The highest BCUT2D eigenvalue weighted by molar-refractivity contribution is 5.73. The molecule has 2 amide bonds. The van der Waals surface area contributed by atoms with Gasteiger partial charge in [-0.3, -0.25) is 0 Å². The fraction of sp³-hybridized carbons (Fsp3) is 0.833. The van der Waals surface area contributed by atoms with Crippen LogP contribution < -0.4 is 5.73 Å². The van der Waals surface area contributed by atoms with Crippen molar-refractivity contribution in [3.05, 3.63) is 0 Å². The van der Waals surface area contributed by atoms with Gasteiger partial charge >= 0.3 is 6.03 Å². The number of rotatable bonds is 3. The van der Waals surface area contributed by atoms with Gasteiger partial charge in [0, 0.05) is 0 Å². The predicted molar refractivity (Wildman–Crippen MR) is 38.0 cm³/mol. The van der Waals surface area contributed by atoms with Crippen molar-refractivity contribution in [2.24, 2.45) is 5.73 Å². The standard InChI is InChI=1S/C6H12N2O3/c7-6(10)8-3-5(4-8)11-2-1-9/h5,9H,1-4H2,(H2,7,10). The molecule has 0 spiro atoms. The molecule has 0 saturated carbocycles. The second-order valence-electron chi connectivity index (χ2n) is 2.46. The molecule has 1 fully saturated rings. The maximum Gasteiger partial charge on any atom is 0.314 e. The fourth-order valence-corrected chi connectivity index (χ4v) is 0.943. The van der Waals surface area contributed by atoms with Gasteiger partial charge < -0.3 is 20.5 Å². The van der Waals surface area contributed by atoms with E-state index in [1.807, 2.05) is 0 Å². The van der Waals surface area contributed by atoms with Crippen molar-refractivity contribution >= 4 is 6.03 Å². The molecular weight excluding hydrogens is 148 g/mol. The van der Waals surface area contributed by atoms with Crippen molar-refractivity contribution in [2.75, 3.05) is 26.3 Å². The van der Waals surface area contributed by atoms with E-state index in [1.54, 1.807) is 0 Å². The Morgan fingerprint density at radius 2 is 2.36 bits per heavy atom. The van der Waals surface area contributed by atoms with Crippen molar-refractivity contribution < 1.29 is 14.6 Å². The second kappa shape index (κ2) is 3.54. The Hall–Kier alpha value is -0.810. The van der Waals surface area contributed by atoms with Crippen LogP contribution in [0.2, 0.25) is 0 Å². The zero-order valence-corrected chi connectivity index (χ0v) is 6.19. The third-order valence-electron chi connectivity index (χ3n) is 1.60. The maximum atomic E-state index is 10.4. The van der Waals surface area contributed by atoms with Gasteiger partial charge in [0.05, 0.1) is 32.4 Å². The van der Waals surface area contributed by atoms with Crippen LogP contribution in [0.1, 0.15) is 0 Å². The molecule has 0 atom stereocenters. The highest BCUT2D eigenvalue weighted by atomic mass is 16.5. The van der Waals surface area contributed by atoms with E-state index < -0.39 is 6.03 Å². The van der Waals surface area contributed by atoms with Crippen LogP contribution in [-0.4, -0.2) is 48.4 Å². The van der Waals surface area contributed by atoms with Crippen molar-refractivity contribution in [1.29, 1.82) is 0 Å². The molecule has 0 aromatic rings. The summed E-state index contributed by atoms with van der Waals surface area (Å²) in [5, 5.41) is 8.38. The molecule has 1 aliphatic heterocycles. The van der Waals surface area contributed by atoms with Crippen LogP contribution in [0.4, 0.5) is 4.79 Å². The monoisotopic (exact) mass is 160 g/mol. The minimum atomic E-state index is -0.408. The summed E-state index contributed by atoms with van der Waals surface area (Å²) in [5.41, 5.74) is 4.97. The fourth-order valence-electron chi connectivity index (χ4n) is 0.943. The number of urea groups is 1. The van der Waals surface area contributed by atoms with Gasteiger partial charge in [-0.15, -0.1) is 0 Å². The Morgan fingerprint density at radius 3 is 2.82 bits per heavy atom. The van der Waals surface area contributed by atoms with Crippen LogP contribution in [0.15, 0.2) is 0 Å². The number of carbonyl (C=O) groups is 1. The molecule has 1 heterocycles. The van der Waals surface area contributed by atoms with Gasteiger partial charge in [0.1, 0.15) is 0 Å². The van der Waals surface area contributed by atoms with E-state index in [0.29, 0.717) is 19.7 Å². The van der Waals surface area contributed by atoms with Gasteiger partial charge in [-0.2, -0.15) is 0 Å². The average molecular weight is 160 g/mol. The summed E-state index contributed by atoms with van der Waals surface area (Å²) < 4.78 is 5.11. The Kier molecular flexibility index (Phi) is 2.67. The average Bonchev–Trinajstić information content (AvgIpc) is 1.84. The summed E-state index contributed by atoms with van der Waals surface area (Å²) in [6.07, 6.45) is 0.0645. The molecule has 1 saturated heterocycles. The van der Waals surface area contributed by atoms with Crippen LogP contribution in [0.5, 0.6) is 0 Å². The Balaban J connectivity index is 2.05. The van der Waals surface area contributed by atoms with Crippen molar-refractivity contribution in [2.45, 2.75) is 6.10 Å². The molecule has 5 nitrogen and oxygen atoms in total. The SMILES string of the molecule is NC(=O)N1CC(OCCO)C1. The lowest BCUT2D eigenvalue weighted by atomic mass is 10.2. The maximum absolute atomic E-state index is 10.4. The summed E-state index contributed by atoms with van der Waals surface area (Å²) in [6.45, 7) is 1.45. The molecule has 11 heavy (non-hydrogen) atoms. The third-order valence-corrected chi connectivity index (χ3v) is 1.60. The van der Waals surface area contributed by atoms with Gasteiger partial charge in [-0.25, -0.2) is 4.79 Å². The molecule has 0 aromatic heterocycles. The number of hydrogen-bond acceptors (Lipinski definition) is 3. The molecule has 0 radical (unpaired) electrons. The van der Waals surface area contributed by atoms with E-state index >= 15 is 0 Å². The molecule has 0 unspecified atom stereocenters. The van der Waals surface area contributed by atoms with E-state index in [2.05, 4.69) is 0 Å². The minimum absolute atomic E-state index is 0.0209. The minimum Gasteiger partial charge on any atom is -0.394 e. The molecule has 0 aliphatic carbocycles. The lowest BCUT2D eigenvalue weighted by Gasteiger charge is -2.37. The number of amides is 2. The van der Waals surface area contributed by atoms with Crippen LogP contribution in [0, 0.1) is 0 Å². The van der Waals surface area contributed by atoms with Crippen LogP contribution >= 0.6 is 0 Å². The molecule has 3 N–H and O–H groups in total. The third kappa shape index (κ3) is 2.06. The molecule has 1 rings (SSSR count). The van der Waals surface area contributed by atoms with Crippen LogP contribution in [0.3, 0.4) is 0 Å². The number of aliphatic hydroxyl groups excluding tert-OH is 1. The van der Waals surface area contributed by atoms with Crippen molar-refractivity contribution in [3.63, 3.8) is 0 Å². The molecule has 0 bridgehead atoms. The molecular formula is C6H12N2O3. The Labute approximate surface area is 64.7 Å². The molecule has 5 heteroatoms. The Morgan fingerprint density at radius 1 is 1.73 bits per heavy atom. The smallest absolute Gasteiger partial charge is 0.314 e. The number of carbonyl (C=O) groups excluding carboxylic acids is 1. The first kappa shape index (κ1) is 8.29.